The summed E-state index contributed by atoms with van der Waals surface area (Å²) >= 11 is 3.42. The zero-order valence-electron chi connectivity index (χ0n) is 14.4. The van der Waals surface area contributed by atoms with Crippen molar-refractivity contribution >= 4 is 45.9 Å². The van der Waals surface area contributed by atoms with Gasteiger partial charge in [-0.15, -0.1) is 24.0 Å². The van der Waals surface area contributed by atoms with Gasteiger partial charge in [0.1, 0.15) is 5.82 Å². The standard InChI is InChI=1S/C17H25BrFN3O2.HI/c1-2-20-17(21-7-3-8-24-15-6-9-23-12-15)22-11-13-10-14(19)4-5-16(13)18;/h4-5,10,15H,2-3,6-9,11-12H2,1H3,(H2,20,21,22);1H. The molecule has 5 nitrogen and oxygen atoms in total. The van der Waals surface area contributed by atoms with Crippen molar-refractivity contribution < 1.29 is 13.9 Å². The lowest BCUT2D eigenvalue weighted by Crippen LogP contribution is -2.38. The van der Waals surface area contributed by atoms with E-state index in [0.717, 1.165) is 48.5 Å². The average molecular weight is 530 g/mol. The molecule has 0 saturated carbocycles. The molecule has 1 heterocycles. The van der Waals surface area contributed by atoms with Crippen LogP contribution in [0.15, 0.2) is 27.7 Å². The summed E-state index contributed by atoms with van der Waals surface area (Å²) in [7, 11) is 0. The minimum absolute atomic E-state index is 0. The topological polar surface area (TPSA) is 54.9 Å². The highest BCUT2D eigenvalue weighted by molar-refractivity contribution is 14.0. The third-order valence-corrected chi connectivity index (χ3v) is 4.39. The second-order valence-electron chi connectivity index (χ2n) is 5.57. The van der Waals surface area contributed by atoms with Crippen molar-refractivity contribution in [3.8, 4) is 0 Å². The Morgan fingerprint density at radius 3 is 3.00 bits per heavy atom. The first-order valence-corrected chi connectivity index (χ1v) is 9.13. The molecule has 1 aromatic carbocycles. The van der Waals surface area contributed by atoms with Gasteiger partial charge < -0.3 is 20.1 Å². The summed E-state index contributed by atoms with van der Waals surface area (Å²) in [5, 5.41) is 6.46. The molecule has 1 saturated heterocycles. The van der Waals surface area contributed by atoms with E-state index in [1.54, 1.807) is 6.07 Å². The number of nitrogens with zero attached hydrogens (tertiary/aromatic N) is 1. The first-order valence-electron chi connectivity index (χ1n) is 8.34. The van der Waals surface area contributed by atoms with E-state index in [1.165, 1.54) is 12.1 Å². The van der Waals surface area contributed by atoms with Gasteiger partial charge in [0.05, 0.1) is 19.3 Å². The predicted octanol–water partition coefficient (Wildman–Crippen LogP) is 3.46. The van der Waals surface area contributed by atoms with E-state index in [4.69, 9.17) is 9.47 Å². The first-order chi connectivity index (χ1) is 11.7. The quantitative estimate of drug-likeness (QED) is 0.234. The Balaban J connectivity index is 0.00000312. The molecule has 1 aromatic rings. The van der Waals surface area contributed by atoms with Crippen LogP contribution in [0.3, 0.4) is 0 Å². The van der Waals surface area contributed by atoms with Crippen LogP contribution in [-0.4, -0.2) is 45.0 Å². The van der Waals surface area contributed by atoms with Gasteiger partial charge in [-0.25, -0.2) is 9.38 Å². The van der Waals surface area contributed by atoms with E-state index in [2.05, 4.69) is 31.6 Å². The number of aliphatic imine (C=N–C) groups is 1. The molecule has 0 amide bonds. The third-order valence-electron chi connectivity index (χ3n) is 3.61. The van der Waals surface area contributed by atoms with Crippen LogP contribution < -0.4 is 10.6 Å². The highest BCUT2D eigenvalue weighted by Crippen LogP contribution is 2.18. The molecule has 1 atom stereocenters. The SMILES string of the molecule is CCNC(=NCc1cc(F)ccc1Br)NCCCOC1CCOC1.I. The summed E-state index contributed by atoms with van der Waals surface area (Å²) < 4.78 is 25.2. The molecule has 0 aliphatic carbocycles. The van der Waals surface area contributed by atoms with E-state index in [1.807, 2.05) is 6.92 Å². The van der Waals surface area contributed by atoms with E-state index >= 15 is 0 Å². The second-order valence-corrected chi connectivity index (χ2v) is 6.42. The van der Waals surface area contributed by atoms with Gasteiger partial charge in [0, 0.05) is 30.8 Å². The van der Waals surface area contributed by atoms with Crippen LogP contribution in [0.5, 0.6) is 0 Å². The maximum Gasteiger partial charge on any atom is 0.191 e. The Morgan fingerprint density at radius 2 is 2.28 bits per heavy atom. The first kappa shape index (κ1) is 22.6. The van der Waals surface area contributed by atoms with E-state index in [0.29, 0.717) is 19.8 Å². The van der Waals surface area contributed by atoms with Crippen LogP contribution in [-0.2, 0) is 16.0 Å². The number of benzene rings is 1. The Morgan fingerprint density at radius 1 is 1.44 bits per heavy atom. The second kappa shape index (κ2) is 12.8. The number of nitrogens with one attached hydrogen (secondary N) is 2. The molecular weight excluding hydrogens is 504 g/mol. The predicted molar refractivity (Wildman–Crippen MR) is 112 cm³/mol. The van der Waals surface area contributed by atoms with Crippen molar-refractivity contribution in [3.63, 3.8) is 0 Å². The molecule has 0 radical (unpaired) electrons. The summed E-state index contributed by atoms with van der Waals surface area (Å²) in [5.74, 6) is 0.465. The maximum atomic E-state index is 13.3. The minimum atomic E-state index is -0.255. The molecule has 0 aromatic heterocycles. The zero-order valence-corrected chi connectivity index (χ0v) is 18.3. The van der Waals surface area contributed by atoms with Crippen LogP contribution in [0.25, 0.3) is 0 Å². The lowest BCUT2D eigenvalue weighted by molar-refractivity contribution is 0.0420. The molecule has 0 bridgehead atoms. The van der Waals surface area contributed by atoms with Gasteiger partial charge in [-0.1, -0.05) is 15.9 Å². The van der Waals surface area contributed by atoms with Gasteiger partial charge in [-0.3, -0.25) is 0 Å². The number of halogens is 3. The highest BCUT2D eigenvalue weighted by atomic mass is 127. The zero-order chi connectivity index (χ0) is 17.2. The molecule has 25 heavy (non-hydrogen) atoms. The van der Waals surface area contributed by atoms with E-state index in [9.17, 15) is 4.39 Å². The van der Waals surface area contributed by atoms with Crippen molar-refractivity contribution in [2.45, 2.75) is 32.4 Å². The van der Waals surface area contributed by atoms with Gasteiger partial charge in [0.25, 0.3) is 0 Å². The van der Waals surface area contributed by atoms with Gasteiger partial charge >= 0.3 is 0 Å². The maximum absolute atomic E-state index is 13.3. The summed E-state index contributed by atoms with van der Waals surface area (Å²) in [6.07, 6.45) is 2.13. The minimum Gasteiger partial charge on any atom is -0.379 e. The molecule has 8 heteroatoms. The smallest absolute Gasteiger partial charge is 0.191 e. The van der Waals surface area contributed by atoms with E-state index < -0.39 is 0 Å². The van der Waals surface area contributed by atoms with Crippen LogP contribution in [0.2, 0.25) is 0 Å². The van der Waals surface area contributed by atoms with Crippen molar-refractivity contribution in [1.29, 1.82) is 0 Å². The number of guanidine groups is 1. The Labute approximate surface area is 174 Å². The number of hydrogen-bond acceptors (Lipinski definition) is 3. The Hall–Kier alpha value is -0.450. The molecule has 2 rings (SSSR count). The molecule has 0 spiro atoms. The lowest BCUT2D eigenvalue weighted by atomic mass is 10.2. The highest BCUT2D eigenvalue weighted by Gasteiger charge is 2.15. The van der Waals surface area contributed by atoms with Crippen LogP contribution in [0, 0.1) is 5.82 Å². The molecule has 1 unspecified atom stereocenters. The fourth-order valence-electron chi connectivity index (χ4n) is 2.34. The Kier molecular flexibility index (Phi) is 11.6. The normalized spacial score (nSPS) is 17.2. The van der Waals surface area contributed by atoms with Gasteiger partial charge in [-0.05, 0) is 43.5 Å². The van der Waals surface area contributed by atoms with Gasteiger partial charge in [-0.2, -0.15) is 0 Å². The fraction of sp³-hybridized carbons (Fsp3) is 0.588. The third kappa shape index (κ3) is 8.65. The Bertz CT molecular complexity index is 543. The van der Waals surface area contributed by atoms with Gasteiger partial charge in [0.15, 0.2) is 5.96 Å². The number of hydrogen-bond donors (Lipinski definition) is 2. The summed E-state index contributed by atoms with van der Waals surface area (Å²) in [6.45, 7) is 6.17. The fourth-order valence-corrected chi connectivity index (χ4v) is 2.72. The molecule has 2 N–H and O–H groups in total. The molecule has 142 valence electrons. The molecule has 1 fully saturated rings. The average Bonchev–Trinajstić information content (AvgIpc) is 3.08. The van der Waals surface area contributed by atoms with Crippen molar-refractivity contribution in [3.05, 3.63) is 34.1 Å². The van der Waals surface area contributed by atoms with Crippen molar-refractivity contribution in [2.75, 3.05) is 32.9 Å². The van der Waals surface area contributed by atoms with Crippen LogP contribution in [0.4, 0.5) is 4.39 Å². The molecular formula is C17H26BrFIN3O2. The van der Waals surface area contributed by atoms with Gasteiger partial charge in [0.2, 0.25) is 0 Å². The molecule has 1 aliphatic rings. The monoisotopic (exact) mass is 529 g/mol. The largest absolute Gasteiger partial charge is 0.379 e. The van der Waals surface area contributed by atoms with Crippen LogP contribution in [0.1, 0.15) is 25.3 Å². The molecule has 1 aliphatic heterocycles. The summed E-state index contributed by atoms with van der Waals surface area (Å²) in [6, 6.07) is 4.62. The number of ether oxygens (including phenoxy) is 2. The lowest BCUT2D eigenvalue weighted by Gasteiger charge is -2.13. The summed E-state index contributed by atoms with van der Waals surface area (Å²) in [4.78, 5) is 4.50. The number of rotatable bonds is 8. The van der Waals surface area contributed by atoms with Crippen molar-refractivity contribution in [1.82, 2.24) is 10.6 Å². The van der Waals surface area contributed by atoms with Crippen LogP contribution >= 0.6 is 39.9 Å². The van der Waals surface area contributed by atoms with E-state index in [-0.39, 0.29) is 35.9 Å². The van der Waals surface area contributed by atoms with Crippen molar-refractivity contribution in [2.24, 2.45) is 4.99 Å². The summed E-state index contributed by atoms with van der Waals surface area (Å²) in [5.41, 5.74) is 0.816.